The second-order valence-corrected chi connectivity index (χ2v) is 10.0. The highest BCUT2D eigenvalue weighted by Crippen LogP contribution is 2.39. The number of primary amides is 1. The van der Waals surface area contributed by atoms with E-state index >= 15 is 0 Å². The third kappa shape index (κ3) is 3.92. The van der Waals surface area contributed by atoms with Crippen molar-refractivity contribution in [3.05, 3.63) is 106 Å². The monoisotopic (exact) mass is 525 g/mol. The van der Waals surface area contributed by atoms with Crippen LogP contribution in [0.3, 0.4) is 0 Å². The van der Waals surface area contributed by atoms with E-state index in [1.54, 1.807) is 18.2 Å². The molecular weight excluding hydrogens is 502 g/mol. The molecule has 3 N–H and O–H groups in total. The quantitative estimate of drug-likeness (QED) is 0.360. The Kier molecular flexibility index (Phi) is 5.72. The van der Waals surface area contributed by atoms with Crippen molar-refractivity contribution in [2.75, 3.05) is 0 Å². The fraction of sp³-hybridized carbons (Fsp3) is 0.179. The molecule has 6 rings (SSSR count). The molecule has 0 saturated carbocycles. The summed E-state index contributed by atoms with van der Waals surface area (Å²) >= 11 is 6.56. The third-order valence-corrected chi connectivity index (χ3v) is 7.59. The summed E-state index contributed by atoms with van der Waals surface area (Å²) in [7, 11) is 0. The molecule has 0 aliphatic carbocycles. The zero-order chi connectivity index (χ0) is 26.4. The molecule has 190 valence electrons. The maximum Gasteiger partial charge on any atom is 0.253 e. The Balaban J connectivity index is 1.43. The molecule has 1 atom stereocenters. The van der Waals surface area contributed by atoms with Gasteiger partial charge in [0.25, 0.3) is 11.8 Å². The summed E-state index contributed by atoms with van der Waals surface area (Å²) in [6.07, 6.45) is 2.60. The Hall–Kier alpha value is -4.50. The molecular formula is C28H24ClN7O2. The normalized spacial score (nSPS) is 16.8. The number of rotatable bonds is 5. The molecule has 2 aromatic heterocycles. The van der Waals surface area contributed by atoms with Crippen molar-refractivity contribution in [1.29, 1.82) is 0 Å². The highest BCUT2D eigenvalue weighted by atomic mass is 35.5. The largest absolute Gasteiger partial charge is 0.366 e. The van der Waals surface area contributed by atoms with Gasteiger partial charge in [-0.3, -0.25) is 9.59 Å². The highest BCUT2D eigenvalue weighted by molar-refractivity contribution is 6.34. The van der Waals surface area contributed by atoms with Crippen LogP contribution in [0.1, 0.15) is 44.0 Å². The Morgan fingerprint density at radius 3 is 2.61 bits per heavy atom. The van der Waals surface area contributed by atoms with Gasteiger partial charge in [0.2, 0.25) is 0 Å². The van der Waals surface area contributed by atoms with Gasteiger partial charge >= 0.3 is 0 Å². The Morgan fingerprint density at radius 1 is 1.08 bits per heavy atom. The number of benzene rings is 3. The summed E-state index contributed by atoms with van der Waals surface area (Å²) in [4.78, 5) is 26.2. The number of halogens is 1. The van der Waals surface area contributed by atoms with E-state index in [0.29, 0.717) is 36.2 Å². The first-order valence-electron chi connectivity index (χ1n) is 12.2. The summed E-state index contributed by atoms with van der Waals surface area (Å²) in [6, 6.07) is 21.0. The maximum atomic E-state index is 13.7. The first-order valence-corrected chi connectivity index (χ1v) is 12.6. The van der Waals surface area contributed by atoms with Crippen molar-refractivity contribution < 1.29 is 9.59 Å². The van der Waals surface area contributed by atoms with Crippen molar-refractivity contribution in [3.8, 4) is 5.69 Å². The number of fused-ring (bicyclic) bond motifs is 3. The number of amides is 2. The average Bonchev–Trinajstić information content (AvgIpc) is 3.55. The summed E-state index contributed by atoms with van der Waals surface area (Å²) in [5.41, 5.74) is 10.5. The topological polar surface area (TPSA) is 121 Å². The van der Waals surface area contributed by atoms with E-state index in [4.69, 9.17) is 17.3 Å². The Morgan fingerprint density at radius 2 is 1.89 bits per heavy atom. The van der Waals surface area contributed by atoms with E-state index in [1.165, 1.54) is 11.0 Å². The molecule has 38 heavy (non-hydrogen) atoms. The van der Waals surface area contributed by atoms with Crippen molar-refractivity contribution in [2.45, 2.75) is 31.8 Å². The van der Waals surface area contributed by atoms with E-state index in [-0.39, 0.29) is 10.9 Å². The molecule has 0 saturated heterocycles. The van der Waals surface area contributed by atoms with Crippen LogP contribution in [0, 0.1) is 6.92 Å². The lowest BCUT2D eigenvalue weighted by molar-refractivity contribution is 0.0865. The minimum absolute atomic E-state index is 0.285. The minimum Gasteiger partial charge on any atom is -0.366 e. The number of aryl methyl sites for hydroxylation is 1. The zero-order valence-electron chi connectivity index (χ0n) is 20.6. The Labute approximate surface area is 223 Å². The first kappa shape index (κ1) is 23.9. The lowest BCUT2D eigenvalue weighted by Gasteiger charge is -2.40. The molecule has 3 aromatic carbocycles. The second-order valence-electron chi connectivity index (χ2n) is 9.61. The molecule has 1 aliphatic heterocycles. The summed E-state index contributed by atoms with van der Waals surface area (Å²) in [6.45, 7) is 2.43. The molecule has 0 bridgehead atoms. The van der Waals surface area contributed by atoms with Crippen molar-refractivity contribution in [3.63, 3.8) is 0 Å². The number of carbonyl (C=O) groups excluding carboxylic acids is 2. The number of carbonyl (C=O) groups is 2. The summed E-state index contributed by atoms with van der Waals surface area (Å²) in [5.74, 6) is -0.743. The van der Waals surface area contributed by atoms with E-state index in [2.05, 4.69) is 25.4 Å². The molecule has 5 aromatic rings. The molecule has 2 amide bonds. The van der Waals surface area contributed by atoms with Gasteiger partial charge in [-0.15, -0.1) is 5.10 Å². The maximum absolute atomic E-state index is 13.7. The molecule has 0 unspecified atom stereocenters. The summed E-state index contributed by atoms with van der Waals surface area (Å²) < 4.78 is 3.59. The third-order valence-electron chi connectivity index (χ3n) is 7.28. The molecule has 9 nitrogen and oxygen atoms in total. The minimum atomic E-state index is -0.741. The van der Waals surface area contributed by atoms with Gasteiger partial charge in [0.15, 0.2) is 0 Å². The predicted octanol–water partition coefficient (Wildman–Crippen LogP) is 3.95. The lowest BCUT2D eigenvalue weighted by atomic mass is 9.81. The van der Waals surface area contributed by atoms with Crippen LogP contribution in [0.2, 0.25) is 5.02 Å². The van der Waals surface area contributed by atoms with Gasteiger partial charge in [-0.05, 0) is 66.1 Å². The van der Waals surface area contributed by atoms with Gasteiger partial charge in [0, 0.05) is 16.6 Å². The van der Waals surface area contributed by atoms with Crippen LogP contribution in [-0.4, -0.2) is 36.6 Å². The summed E-state index contributed by atoms with van der Waals surface area (Å²) in [5, 5.41) is 15.6. The Bertz CT molecular complexity index is 1700. The number of tetrazole rings is 1. The smallest absolute Gasteiger partial charge is 0.253 e. The molecule has 10 heteroatoms. The van der Waals surface area contributed by atoms with Crippen molar-refractivity contribution >= 4 is 34.3 Å². The number of hydrogen-bond acceptors (Lipinski definition) is 5. The van der Waals surface area contributed by atoms with Crippen LogP contribution >= 0.6 is 11.6 Å². The first-order chi connectivity index (χ1) is 18.4. The predicted molar refractivity (Wildman–Crippen MR) is 143 cm³/mol. The van der Waals surface area contributed by atoms with Gasteiger partial charge in [-0.2, -0.15) is 0 Å². The highest BCUT2D eigenvalue weighted by Gasteiger charge is 2.40. The number of aromatic nitrogens is 5. The van der Waals surface area contributed by atoms with E-state index in [0.717, 1.165) is 27.7 Å². The standard InChI is InChI=1S/C28H24ClN7O2/c1-17-7-10-23-21(13-17)25(26(30)37)24-11-12-28(15-35(23)24,18-5-3-2-4-6-18)32-27(38)20-9-8-19(14-22(20)29)36-16-31-33-34-36/h2-10,13-14,16H,11-12,15H2,1H3,(H2,30,37)(H,32,38)/t28-/m1/s1. The average molecular weight is 526 g/mol. The van der Waals surface area contributed by atoms with Crippen LogP contribution in [0.5, 0.6) is 0 Å². The van der Waals surface area contributed by atoms with E-state index in [9.17, 15) is 9.59 Å². The van der Waals surface area contributed by atoms with Gasteiger partial charge in [0.1, 0.15) is 6.33 Å². The van der Waals surface area contributed by atoms with Crippen LogP contribution in [0.4, 0.5) is 0 Å². The lowest BCUT2D eigenvalue weighted by Crippen LogP contribution is -2.51. The van der Waals surface area contributed by atoms with Crippen molar-refractivity contribution in [1.82, 2.24) is 30.1 Å². The number of nitrogens with two attached hydrogens (primary N) is 1. The molecule has 1 aliphatic rings. The number of nitrogens with zero attached hydrogens (tertiary/aromatic N) is 5. The number of hydrogen-bond donors (Lipinski definition) is 2. The molecule has 3 heterocycles. The zero-order valence-corrected chi connectivity index (χ0v) is 21.3. The fourth-order valence-corrected chi connectivity index (χ4v) is 5.74. The van der Waals surface area contributed by atoms with Gasteiger partial charge in [-0.25, -0.2) is 4.68 Å². The van der Waals surface area contributed by atoms with Crippen LogP contribution in [0.15, 0.2) is 73.1 Å². The SMILES string of the molecule is Cc1ccc2c(c1)c(C(N)=O)c1n2C[C@@](NC(=O)c2ccc(-n3cnnn3)cc2Cl)(c2ccccc2)CC1. The van der Waals surface area contributed by atoms with E-state index in [1.807, 2.05) is 55.5 Å². The van der Waals surface area contributed by atoms with Gasteiger partial charge in [0.05, 0.1) is 33.9 Å². The van der Waals surface area contributed by atoms with E-state index < -0.39 is 11.4 Å². The van der Waals surface area contributed by atoms with Gasteiger partial charge < -0.3 is 15.6 Å². The molecule has 0 radical (unpaired) electrons. The van der Waals surface area contributed by atoms with Crippen LogP contribution < -0.4 is 11.1 Å². The number of nitrogens with one attached hydrogen (secondary N) is 1. The van der Waals surface area contributed by atoms with Gasteiger partial charge in [-0.1, -0.05) is 53.6 Å². The molecule has 0 fully saturated rings. The fourth-order valence-electron chi connectivity index (χ4n) is 5.48. The van der Waals surface area contributed by atoms with Crippen LogP contribution in [0.25, 0.3) is 16.6 Å². The second kappa shape index (κ2) is 9.11. The van der Waals surface area contributed by atoms with Crippen molar-refractivity contribution in [2.24, 2.45) is 5.73 Å². The van der Waals surface area contributed by atoms with Crippen LogP contribution in [-0.2, 0) is 18.5 Å². The molecule has 0 spiro atoms.